The first-order valence-electron chi connectivity index (χ1n) is 6.89. The van der Waals surface area contributed by atoms with E-state index < -0.39 is 0 Å². The molecule has 0 spiro atoms. The number of H-pyrrole nitrogens is 1. The van der Waals surface area contributed by atoms with Gasteiger partial charge in [-0.25, -0.2) is 14.8 Å². The van der Waals surface area contributed by atoms with Crippen LogP contribution in [0.1, 0.15) is 42.0 Å². The molecule has 0 aliphatic heterocycles. The average Bonchev–Trinajstić information content (AvgIpc) is 3.05. The molecule has 7 heteroatoms. The van der Waals surface area contributed by atoms with E-state index in [1.54, 1.807) is 29.5 Å². The van der Waals surface area contributed by atoms with Gasteiger partial charge in [-0.1, -0.05) is 13.8 Å². The van der Waals surface area contributed by atoms with Gasteiger partial charge in [0, 0.05) is 30.2 Å². The van der Waals surface area contributed by atoms with Crippen molar-refractivity contribution < 1.29 is 4.79 Å². The third-order valence-electron chi connectivity index (χ3n) is 2.97. The van der Waals surface area contributed by atoms with Crippen LogP contribution >= 0.6 is 11.3 Å². The number of nitrogens with one attached hydrogen (secondary N) is 2. The van der Waals surface area contributed by atoms with E-state index in [9.17, 15) is 4.79 Å². The van der Waals surface area contributed by atoms with E-state index >= 15 is 0 Å². The molecule has 2 heterocycles. The molecule has 0 atom stereocenters. The number of carbonyl (C=O) groups is 1. The van der Waals surface area contributed by atoms with Crippen LogP contribution in [-0.4, -0.2) is 32.9 Å². The van der Waals surface area contributed by atoms with Crippen LogP contribution in [0.2, 0.25) is 0 Å². The molecule has 2 amide bonds. The molecule has 0 aromatic carbocycles. The van der Waals surface area contributed by atoms with Gasteiger partial charge in [0.1, 0.15) is 5.82 Å². The first-order chi connectivity index (χ1) is 9.95. The fraction of sp³-hybridized carbons (Fsp3) is 0.500. The zero-order valence-corrected chi connectivity index (χ0v) is 13.6. The summed E-state index contributed by atoms with van der Waals surface area (Å²) in [4.78, 5) is 25.4. The maximum Gasteiger partial charge on any atom is 0.317 e. The van der Waals surface area contributed by atoms with E-state index in [0.29, 0.717) is 19.0 Å². The van der Waals surface area contributed by atoms with Crippen LogP contribution in [0.5, 0.6) is 0 Å². The van der Waals surface area contributed by atoms with Gasteiger partial charge in [-0.2, -0.15) is 0 Å². The first kappa shape index (κ1) is 15.5. The molecule has 0 saturated heterocycles. The fourth-order valence-corrected chi connectivity index (χ4v) is 2.65. The van der Waals surface area contributed by atoms with Gasteiger partial charge in [-0.05, 0) is 6.92 Å². The molecule has 2 aromatic heterocycles. The summed E-state index contributed by atoms with van der Waals surface area (Å²) in [5, 5.41) is 5.94. The first-order valence-corrected chi connectivity index (χ1v) is 7.77. The zero-order chi connectivity index (χ0) is 15.4. The molecule has 0 saturated carbocycles. The topological polar surface area (TPSA) is 73.9 Å². The smallest absolute Gasteiger partial charge is 0.317 e. The number of aryl methyl sites for hydroxylation is 1. The number of aromatic nitrogens is 3. The van der Waals surface area contributed by atoms with Crippen LogP contribution in [0.4, 0.5) is 4.79 Å². The average molecular weight is 307 g/mol. The van der Waals surface area contributed by atoms with Crippen molar-refractivity contribution in [3.63, 3.8) is 0 Å². The second kappa shape index (κ2) is 6.71. The number of amides is 2. The third-order valence-corrected chi connectivity index (χ3v) is 4.17. The molecule has 0 aliphatic carbocycles. The predicted molar refractivity (Wildman–Crippen MR) is 83.2 cm³/mol. The van der Waals surface area contributed by atoms with Gasteiger partial charge in [-0.3, -0.25) is 0 Å². The number of rotatable bonds is 5. The molecule has 2 rings (SSSR count). The van der Waals surface area contributed by atoms with E-state index in [4.69, 9.17) is 0 Å². The van der Waals surface area contributed by atoms with Crippen molar-refractivity contribution in [3.8, 4) is 0 Å². The largest absolute Gasteiger partial charge is 0.345 e. The summed E-state index contributed by atoms with van der Waals surface area (Å²) in [6, 6.07) is -0.136. The number of urea groups is 1. The lowest BCUT2D eigenvalue weighted by atomic mass is 10.2. The summed E-state index contributed by atoms with van der Waals surface area (Å²) in [7, 11) is 1.76. The number of hydrogen-bond acceptors (Lipinski definition) is 4. The summed E-state index contributed by atoms with van der Waals surface area (Å²) >= 11 is 1.64. The van der Waals surface area contributed by atoms with Crippen molar-refractivity contribution in [2.75, 3.05) is 7.05 Å². The highest BCUT2D eigenvalue weighted by molar-refractivity contribution is 7.09. The zero-order valence-electron chi connectivity index (χ0n) is 12.8. The molecular weight excluding hydrogens is 286 g/mol. The van der Waals surface area contributed by atoms with E-state index in [1.165, 1.54) is 0 Å². The number of hydrogen-bond donors (Lipinski definition) is 2. The van der Waals surface area contributed by atoms with E-state index in [2.05, 4.69) is 34.1 Å². The van der Waals surface area contributed by atoms with Gasteiger partial charge in [0.15, 0.2) is 0 Å². The molecule has 0 aliphatic rings. The second-order valence-corrected chi connectivity index (χ2v) is 6.25. The standard InChI is InChI=1S/C14H21N5OS/c1-9(2)13-18-11(8-21-13)7-19(4)14(20)16-6-12-15-5-10(3)17-12/h5,8-9H,6-7H2,1-4H3,(H,15,17)(H,16,20). The summed E-state index contributed by atoms with van der Waals surface area (Å²) < 4.78 is 0. The van der Waals surface area contributed by atoms with Crippen LogP contribution in [0.25, 0.3) is 0 Å². The Hall–Kier alpha value is -1.89. The lowest BCUT2D eigenvalue weighted by Crippen LogP contribution is -2.36. The Labute approximate surface area is 128 Å². The summed E-state index contributed by atoms with van der Waals surface area (Å²) in [5.41, 5.74) is 1.91. The van der Waals surface area contributed by atoms with Gasteiger partial charge < -0.3 is 15.2 Å². The Kier molecular flexibility index (Phi) is 4.95. The van der Waals surface area contributed by atoms with Gasteiger partial charge in [0.05, 0.1) is 23.8 Å². The molecule has 0 radical (unpaired) electrons. The monoisotopic (exact) mass is 307 g/mol. The highest BCUT2D eigenvalue weighted by Gasteiger charge is 2.12. The molecule has 114 valence electrons. The highest BCUT2D eigenvalue weighted by atomic mass is 32.1. The molecule has 2 aromatic rings. The van der Waals surface area contributed by atoms with Crippen molar-refractivity contribution in [2.24, 2.45) is 0 Å². The molecule has 2 N–H and O–H groups in total. The molecule has 6 nitrogen and oxygen atoms in total. The SMILES string of the molecule is Cc1cnc(CNC(=O)N(C)Cc2csc(C(C)C)n2)[nH]1. The maximum atomic E-state index is 12.0. The normalized spacial score (nSPS) is 10.9. The van der Waals surface area contributed by atoms with Crippen molar-refractivity contribution in [2.45, 2.75) is 39.8 Å². The van der Waals surface area contributed by atoms with Crippen molar-refractivity contribution in [1.29, 1.82) is 0 Å². The van der Waals surface area contributed by atoms with Gasteiger partial charge in [0.25, 0.3) is 0 Å². The lowest BCUT2D eigenvalue weighted by molar-refractivity contribution is 0.205. The Morgan fingerprint density at radius 3 is 2.86 bits per heavy atom. The van der Waals surface area contributed by atoms with Gasteiger partial charge >= 0.3 is 6.03 Å². The maximum absolute atomic E-state index is 12.0. The van der Waals surface area contributed by atoms with Crippen molar-refractivity contribution >= 4 is 17.4 Å². The van der Waals surface area contributed by atoms with Crippen molar-refractivity contribution in [1.82, 2.24) is 25.2 Å². The highest BCUT2D eigenvalue weighted by Crippen LogP contribution is 2.19. The molecule has 0 fully saturated rings. The summed E-state index contributed by atoms with van der Waals surface area (Å²) in [6.45, 7) is 7.06. The van der Waals surface area contributed by atoms with Crippen molar-refractivity contribution in [3.05, 3.63) is 33.8 Å². The number of nitrogens with zero attached hydrogens (tertiary/aromatic N) is 3. The minimum atomic E-state index is -0.136. The Morgan fingerprint density at radius 2 is 2.29 bits per heavy atom. The van der Waals surface area contributed by atoms with Crippen LogP contribution < -0.4 is 5.32 Å². The molecule has 0 unspecified atom stereocenters. The van der Waals surface area contributed by atoms with Crippen LogP contribution in [0, 0.1) is 6.92 Å². The Morgan fingerprint density at radius 1 is 1.52 bits per heavy atom. The fourth-order valence-electron chi connectivity index (χ4n) is 1.83. The lowest BCUT2D eigenvalue weighted by Gasteiger charge is -2.16. The van der Waals surface area contributed by atoms with E-state index in [1.807, 2.05) is 12.3 Å². The number of aromatic amines is 1. The van der Waals surface area contributed by atoms with Crippen LogP contribution in [-0.2, 0) is 13.1 Å². The third kappa shape index (κ3) is 4.29. The summed E-state index contributed by atoms with van der Waals surface area (Å²) in [6.07, 6.45) is 1.74. The quantitative estimate of drug-likeness (QED) is 0.892. The number of carbonyl (C=O) groups excluding carboxylic acids is 1. The molecular formula is C14H21N5OS. The van der Waals surface area contributed by atoms with E-state index in [-0.39, 0.29) is 6.03 Å². The number of imidazole rings is 1. The number of thiazole rings is 1. The predicted octanol–water partition coefficient (Wildman–Crippen LogP) is 2.64. The summed E-state index contributed by atoms with van der Waals surface area (Å²) in [5.74, 6) is 1.18. The van der Waals surface area contributed by atoms with E-state index in [0.717, 1.165) is 22.2 Å². The minimum Gasteiger partial charge on any atom is -0.345 e. The minimum absolute atomic E-state index is 0.136. The Bertz CT molecular complexity index is 604. The Balaban J connectivity index is 1.84. The van der Waals surface area contributed by atoms with Gasteiger partial charge in [-0.15, -0.1) is 11.3 Å². The van der Waals surface area contributed by atoms with Crippen LogP contribution in [0.15, 0.2) is 11.6 Å². The molecule has 0 bridgehead atoms. The van der Waals surface area contributed by atoms with Crippen LogP contribution in [0.3, 0.4) is 0 Å². The second-order valence-electron chi connectivity index (χ2n) is 5.36. The van der Waals surface area contributed by atoms with Gasteiger partial charge in [0.2, 0.25) is 0 Å². The molecule has 21 heavy (non-hydrogen) atoms.